The summed E-state index contributed by atoms with van der Waals surface area (Å²) in [5, 5.41) is 26.0. The van der Waals surface area contributed by atoms with E-state index in [1.165, 1.54) is 6.07 Å². The number of hydrogen-bond acceptors (Lipinski definition) is 5. The Morgan fingerprint density at radius 1 is 0.857 bits per heavy atom. The molecule has 3 N–H and O–H groups in total. The highest BCUT2D eigenvalue weighted by Gasteiger charge is 2.23. The van der Waals surface area contributed by atoms with Crippen LogP contribution in [0.2, 0.25) is 10.0 Å². The Morgan fingerprint density at radius 2 is 1.61 bits per heavy atom. The van der Waals surface area contributed by atoms with E-state index in [1.54, 1.807) is 48.8 Å². The number of benzene rings is 2. The number of phenols is 1. The molecule has 0 radical (unpaired) electrons. The predicted octanol–water partition coefficient (Wildman–Crippen LogP) is 5.55. The molecular weight excluding hydrogens is 397 g/mol. The molecule has 4 rings (SSSR count). The van der Waals surface area contributed by atoms with Crippen molar-refractivity contribution in [3.05, 3.63) is 88.2 Å². The number of pyridine rings is 2. The van der Waals surface area contributed by atoms with Gasteiger partial charge in [-0.15, -0.1) is 0 Å². The van der Waals surface area contributed by atoms with Gasteiger partial charge in [0.1, 0.15) is 11.3 Å². The Bertz CT molecular complexity index is 1170. The molecule has 7 heteroatoms. The Labute approximate surface area is 171 Å². The molecule has 2 aromatic heterocycles. The zero-order valence-electron chi connectivity index (χ0n) is 14.5. The molecule has 0 amide bonds. The van der Waals surface area contributed by atoms with Crippen LogP contribution in [0.3, 0.4) is 0 Å². The van der Waals surface area contributed by atoms with Crippen LogP contribution in [0.1, 0.15) is 17.2 Å². The summed E-state index contributed by atoms with van der Waals surface area (Å²) in [6.07, 6.45) is 3.18. The van der Waals surface area contributed by atoms with Crippen LogP contribution in [0.15, 0.2) is 67.0 Å². The van der Waals surface area contributed by atoms with Crippen LogP contribution >= 0.6 is 23.2 Å². The first-order valence-electron chi connectivity index (χ1n) is 8.46. The Balaban J connectivity index is 1.90. The molecule has 0 saturated carbocycles. The molecule has 140 valence electrons. The van der Waals surface area contributed by atoms with E-state index < -0.39 is 6.04 Å². The average molecular weight is 412 g/mol. The molecule has 0 aliphatic carbocycles. The van der Waals surface area contributed by atoms with Crippen molar-refractivity contribution in [3.63, 3.8) is 0 Å². The van der Waals surface area contributed by atoms with Gasteiger partial charge in [-0.1, -0.05) is 47.5 Å². The first-order chi connectivity index (χ1) is 13.5. The van der Waals surface area contributed by atoms with E-state index in [-0.39, 0.29) is 17.3 Å². The van der Waals surface area contributed by atoms with Crippen LogP contribution in [0.25, 0.3) is 10.9 Å². The van der Waals surface area contributed by atoms with Crippen molar-refractivity contribution < 1.29 is 10.2 Å². The third-order valence-electron chi connectivity index (χ3n) is 4.43. The van der Waals surface area contributed by atoms with Crippen LogP contribution in [-0.4, -0.2) is 20.2 Å². The SMILES string of the molecule is Oc1cccnc1NC(c1ccc(Cl)cc1Cl)c1ccc2cccnc2c1O. The smallest absolute Gasteiger partial charge is 0.169 e. The molecule has 1 atom stereocenters. The quantitative estimate of drug-likeness (QED) is 0.410. The Hall–Kier alpha value is -3.02. The number of nitrogens with zero attached hydrogens (tertiary/aromatic N) is 2. The van der Waals surface area contributed by atoms with E-state index >= 15 is 0 Å². The summed E-state index contributed by atoms with van der Waals surface area (Å²) in [6.45, 7) is 0. The van der Waals surface area contributed by atoms with Crippen molar-refractivity contribution in [2.45, 2.75) is 6.04 Å². The van der Waals surface area contributed by atoms with Crippen molar-refractivity contribution in [1.82, 2.24) is 9.97 Å². The lowest BCUT2D eigenvalue weighted by Crippen LogP contribution is -2.14. The number of halogens is 2. The molecule has 0 aliphatic rings. The monoisotopic (exact) mass is 411 g/mol. The van der Waals surface area contributed by atoms with Gasteiger partial charge >= 0.3 is 0 Å². The van der Waals surface area contributed by atoms with Gasteiger partial charge in [-0.25, -0.2) is 4.98 Å². The second-order valence-electron chi connectivity index (χ2n) is 6.19. The number of hydrogen-bond donors (Lipinski definition) is 3. The number of phenolic OH excluding ortho intramolecular Hbond substituents is 1. The fraction of sp³-hybridized carbons (Fsp3) is 0.0476. The Morgan fingerprint density at radius 3 is 2.39 bits per heavy atom. The summed E-state index contributed by atoms with van der Waals surface area (Å²) in [7, 11) is 0. The van der Waals surface area contributed by atoms with Crippen molar-refractivity contribution in [2.24, 2.45) is 0 Å². The van der Waals surface area contributed by atoms with Gasteiger partial charge < -0.3 is 15.5 Å². The zero-order valence-corrected chi connectivity index (χ0v) is 16.0. The van der Waals surface area contributed by atoms with Crippen molar-refractivity contribution in [3.8, 4) is 11.5 Å². The number of rotatable bonds is 4. The fourth-order valence-electron chi connectivity index (χ4n) is 3.08. The van der Waals surface area contributed by atoms with Crippen molar-refractivity contribution in [2.75, 3.05) is 5.32 Å². The normalized spacial score (nSPS) is 12.1. The second kappa shape index (κ2) is 7.54. The van der Waals surface area contributed by atoms with Crippen LogP contribution in [-0.2, 0) is 0 Å². The number of nitrogens with one attached hydrogen (secondary N) is 1. The van der Waals surface area contributed by atoms with Gasteiger partial charge in [0, 0.05) is 33.4 Å². The van der Waals surface area contributed by atoms with Gasteiger partial charge in [-0.3, -0.25) is 4.98 Å². The van der Waals surface area contributed by atoms with Gasteiger partial charge in [0.15, 0.2) is 11.6 Å². The predicted molar refractivity (Wildman–Crippen MR) is 111 cm³/mol. The Kier molecular flexibility index (Phi) is 4.94. The fourth-order valence-corrected chi connectivity index (χ4v) is 3.60. The van der Waals surface area contributed by atoms with E-state index in [0.717, 1.165) is 5.39 Å². The standard InChI is InChI=1S/C21H15Cl2N3O2/c22-13-6-8-14(16(23)11-13)19(26-21-17(27)4-2-10-25-21)15-7-5-12-3-1-9-24-18(12)20(15)28/h1-11,19,27-28H,(H,25,26). The molecular formula is C21H15Cl2N3O2. The van der Waals surface area contributed by atoms with Crippen LogP contribution < -0.4 is 5.32 Å². The van der Waals surface area contributed by atoms with E-state index in [4.69, 9.17) is 23.2 Å². The lowest BCUT2D eigenvalue weighted by molar-refractivity contribution is 0.468. The minimum Gasteiger partial charge on any atom is -0.505 e. The zero-order chi connectivity index (χ0) is 19.7. The summed E-state index contributed by atoms with van der Waals surface area (Å²) >= 11 is 12.5. The van der Waals surface area contributed by atoms with Gasteiger partial charge in [-0.05, 0) is 35.9 Å². The van der Waals surface area contributed by atoms with Crippen LogP contribution in [0, 0.1) is 0 Å². The molecule has 2 aromatic carbocycles. The molecule has 5 nitrogen and oxygen atoms in total. The lowest BCUT2D eigenvalue weighted by atomic mass is 9.96. The highest BCUT2D eigenvalue weighted by Crippen LogP contribution is 2.40. The third kappa shape index (κ3) is 3.42. The van der Waals surface area contributed by atoms with Gasteiger partial charge in [0.05, 0.1) is 6.04 Å². The van der Waals surface area contributed by atoms with Crippen LogP contribution in [0.4, 0.5) is 5.82 Å². The first kappa shape index (κ1) is 18.3. The van der Waals surface area contributed by atoms with Crippen molar-refractivity contribution in [1.29, 1.82) is 0 Å². The minimum absolute atomic E-state index is 0.0176. The molecule has 0 aliphatic heterocycles. The maximum atomic E-state index is 10.9. The number of fused-ring (bicyclic) bond motifs is 1. The van der Waals surface area contributed by atoms with Gasteiger partial charge in [-0.2, -0.15) is 0 Å². The minimum atomic E-state index is -0.600. The largest absolute Gasteiger partial charge is 0.505 e. The number of anilines is 1. The van der Waals surface area contributed by atoms with E-state index in [0.29, 0.717) is 26.7 Å². The topological polar surface area (TPSA) is 78.3 Å². The van der Waals surface area contributed by atoms with E-state index in [1.807, 2.05) is 12.1 Å². The van der Waals surface area contributed by atoms with E-state index in [9.17, 15) is 10.2 Å². The average Bonchev–Trinajstić information content (AvgIpc) is 2.69. The number of aromatic nitrogens is 2. The molecule has 0 fully saturated rings. The summed E-state index contributed by atoms with van der Waals surface area (Å²) in [5.74, 6) is 0.270. The molecule has 4 aromatic rings. The molecule has 0 bridgehead atoms. The van der Waals surface area contributed by atoms with E-state index in [2.05, 4.69) is 15.3 Å². The molecule has 0 spiro atoms. The maximum absolute atomic E-state index is 10.9. The third-order valence-corrected chi connectivity index (χ3v) is 4.99. The lowest BCUT2D eigenvalue weighted by Gasteiger charge is -2.23. The highest BCUT2D eigenvalue weighted by molar-refractivity contribution is 6.35. The summed E-state index contributed by atoms with van der Waals surface area (Å²) in [5.41, 5.74) is 1.68. The van der Waals surface area contributed by atoms with Crippen molar-refractivity contribution >= 4 is 39.9 Å². The number of aromatic hydroxyl groups is 2. The van der Waals surface area contributed by atoms with Gasteiger partial charge in [0.2, 0.25) is 0 Å². The van der Waals surface area contributed by atoms with Crippen LogP contribution in [0.5, 0.6) is 11.5 Å². The highest BCUT2D eigenvalue weighted by atomic mass is 35.5. The second-order valence-corrected chi connectivity index (χ2v) is 7.04. The summed E-state index contributed by atoms with van der Waals surface area (Å²) < 4.78 is 0. The van der Waals surface area contributed by atoms with Gasteiger partial charge in [0.25, 0.3) is 0 Å². The molecule has 1 unspecified atom stereocenters. The first-order valence-corrected chi connectivity index (χ1v) is 9.22. The maximum Gasteiger partial charge on any atom is 0.169 e. The summed E-state index contributed by atoms with van der Waals surface area (Å²) in [4.78, 5) is 8.46. The summed E-state index contributed by atoms with van der Waals surface area (Å²) in [6, 6.07) is 15.0. The molecule has 2 heterocycles. The molecule has 0 saturated heterocycles. The molecule has 28 heavy (non-hydrogen) atoms.